The third-order valence-electron chi connectivity index (χ3n) is 5.64. The number of carbonyl (C=O) groups excluding carboxylic acids is 2. The first-order chi connectivity index (χ1) is 13.5. The van der Waals surface area contributed by atoms with Gasteiger partial charge in [0.2, 0.25) is 0 Å². The van der Waals surface area contributed by atoms with Gasteiger partial charge in [0.1, 0.15) is 0 Å². The summed E-state index contributed by atoms with van der Waals surface area (Å²) >= 11 is 6.21. The number of ether oxygens (including phenoxy) is 3. The third kappa shape index (κ3) is 4.54. The molecule has 2 atom stereocenters. The lowest BCUT2D eigenvalue weighted by Gasteiger charge is -2.44. The molecule has 0 aromatic heterocycles. The zero-order valence-corrected chi connectivity index (χ0v) is 17.3. The molecule has 1 saturated carbocycles. The topological polar surface area (TPSA) is 65.1 Å². The Morgan fingerprint density at radius 3 is 2.68 bits per heavy atom. The second-order valence-electron chi connectivity index (χ2n) is 7.34. The lowest BCUT2D eigenvalue weighted by atomic mass is 9.78. The smallest absolute Gasteiger partial charge is 0.338 e. The van der Waals surface area contributed by atoms with Gasteiger partial charge in [-0.05, 0) is 50.7 Å². The summed E-state index contributed by atoms with van der Waals surface area (Å²) in [6.07, 6.45) is 6.87. The molecule has 2 aliphatic rings. The summed E-state index contributed by atoms with van der Waals surface area (Å²) < 4.78 is 16.0. The molecule has 3 rings (SSSR count). The maximum atomic E-state index is 12.7. The van der Waals surface area contributed by atoms with Crippen LogP contribution in [0.1, 0.15) is 55.8 Å². The molecule has 0 unspecified atom stereocenters. The monoisotopic (exact) mass is 409 g/mol. The molecule has 1 amide bonds. The van der Waals surface area contributed by atoms with Crippen molar-refractivity contribution >= 4 is 23.5 Å². The minimum atomic E-state index is -0.603. The zero-order valence-electron chi connectivity index (χ0n) is 16.5. The van der Waals surface area contributed by atoms with E-state index in [9.17, 15) is 9.59 Å². The van der Waals surface area contributed by atoms with E-state index in [1.165, 1.54) is 38.5 Å². The van der Waals surface area contributed by atoms with E-state index in [0.717, 1.165) is 25.8 Å². The molecular formula is C21H28ClNO5. The van der Waals surface area contributed by atoms with Crippen LogP contribution < -0.4 is 9.47 Å². The number of nitrogens with zero attached hydrogens (tertiary/aromatic N) is 1. The number of benzene rings is 1. The maximum absolute atomic E-state index is 12.7. The molecule has 154 valence electrons. The normalized spacial score (nSPS) is 21.6. The Labute approximate surface area is 171 Å². The molecule has 1 aromatic rings. The van der Waals surface area contributed by atoms with Crippen LogP contribution in [0.25, 0.3) is 0 Å². The molecule has 1 aliphatic heterocycles. The van der Waals surface area contributed by atoms with Gasteiger partial charge < -0.3 is 19.1 Å². The van der Waals surface area contributed by atoms with Crippen molar-refractivity contribution in [2.45, 2.75) is 51.5 Å². The van der Waals surface area contributed by atoms with Gasteiger partial charge in [-0.25, -0.2) is 4.79 Å². The summed E-state index contributed by atoms with van der Waals surface area (Å²) in [4.78, 5) is 27.1. The summed E-state index contributed by atoms with van der Waals surface area (Å²) in [6.45, 7) is 2.75. The van der Waals surface area contributed by atoms with Gasteiger partial charge in [-0.1, -0.05) is 24.4 Å². The highest BCUT2D eigenvalue weighted by Crippen LogP contribution is 2.37. The largest absolute Gasteiger partial charge is 0.493 e. The molecule has 6 nitrogen and oxygen atoms in total. The van der Waals surface area contributed by atoms with Crippen molar-refractivity contribution in [1.82, 2.24) is 4.90 Å². The Morgan fingerprint density at radius 1 is 1.18 bits per heavy atom. The fraction of sp³-hybridized carbons (Fsp3) is 0.619. The first-order valence-corrected chi connectivity index (χ1v) is 10.4. The number of rotatable bonds is 6. The Morgan fingerprint density at radius 2 is 1.93 bits per heavy atom. The van der Waals surface area contributed by atoms with Crippen LogP contribution in [0.2, 0.25) is 5.02 Å². The second-order valence-corrected chi connectivity index (χ2v) is 7.75. The van der Waals surface area contributed by atoms with Gasteiger partial charge in [-0.2, -0.15) is 0 Å². The molecule has 0 bridgehead atoms. The summed E-state index contributed by atoms with van der Waals surface area (Å²) in [5, 5.41) is 0.264. The van der Waals surface area contributed by atoms with E-state index in [-0.39, 0.29) is 23.1 Å². The SMILES string of the molecule is CCOc1c(Cl)cc(C(=O)OCC(=O)N2CCC[C@H]3CCCC[C@@H]32)cc1OC. The van der Waals surface area contributed by atoms with Crippen LogP contribution in [-0.4, -0.2) is 49.7 Å². The van der Waals surface area contributed by atoms with Crippen molar-refractivity contribution in [3.05, 3.63) is 22.7 Å². The van der Waals surface area contributed by atoms with Crippen molar-refractivity contribution in [3.63, 3.8) is 0 Å². The first kappa shape index (κ1) is 20.8. The van der Waals surface area contributed by atoms with Crippen molar-refractivity contribution in [3.8, 4) is 11.5 Å². The molecule has 0 spiro atoms. The van der Waals surface area contributed by atoms with E-state index < -0.39 is 5.97 Å². The number of piperidine rings is 1. The van der Waals surface area contributed by atoms with Crippen LogP contribution in [0.15, 0.2) is 12.1 Å². The summed E-state index contributed by atoms with van der Waals surface area (Å²) in [6, 6.07) is 3.29. The van der Waals surface area contributed by atoms with Crippen LogP contribution >= 0.6 is 11.6 Å². The predicted octanol–water partition coefficient (Wildman–Crippen LogP) is 4.09. The quantitative estimate of drug-likeness (QED) is 0.662. The molecule has 28 heavy (non-hydrogen) atoms. The Balaban J connectivity index is 1.63. The number of halogens is 1. The van der Waals surface area contributed by atoms with Crippen LogP contribution in [0.5, 0.6) is 11.5 Å². The molecule has 0 N–H and O–H groups in total. The van der Waals surface area contributed by atoms with Crippen molar-refractivity contribution in [2.75, 3.05) is 26.9 Å². The van der Waals surface area contributed by atoms with Gasteiger partial charge in [-0.3, -0.25) is 4.79 Å². The van der Waals surface area contributed by atoms with Crippen LogP contribution in [0.3, 0.4) is 0 Å². The number of likely N-dealkylation sites (tertiary alicyclic amines) is 1. The minimum Gasteiger partial charge on any atom is -0.493 e. The van der Waals surface area contributed by atoms with Crippen LogP contribution in [-0.2, 0) is 9.53 Å². The first-order valence-electron chi connectivity index (χ1n) is 10.0. The number of esters is 1. The molecule has 0 radical (unpaired) electrons. The number of hydrogen-bond acceptors (Lipinski definition) is 5. The van der Waals surface area contributed by atoms with Crippen molar-refractivity contribution < 1.29 is 23.8 Å². The van der Waals surface area contributed by atoms with Gasteiger partial charge in [0.15, 0.2) is 18.1 Å². The van der Waals surface area contributed by atoms with Gasteiger partial charge in [0.25, 0.3) is 5.91 Å². The average molecular weight is 410 g/mol. The standard InChI is InChI=1S/C21H28ClNO5/c1-3-27-20-16(22)11-15(12-18(20)26-2)21(25)28-13-19(24)23-10-6-8-14-7-4-5-9-17(14)23/h11-12,14,17H,3-10,13H2,1-2H3/t14-,17+/m1/s1. The molecule has 1 heterocycles. The van der Waals surface area contributed by atoms with Crippen molar-refractivity contribution in [1.29, 1.82) is 0 Å². The minimum absolute atomic E-state index is 0.117. The second kappa shape index (κ2) is 9.50. The van der Waals surface area contributed by atoms with Crippen LogP contribution in [0.4, 0.5) is 0 Å². The number of hydrogen-bond donors (Lipinski definition) is 0. The fourth-order valence-corrected chi connectivity index (χ4v) is 4.62. The predicted molar refractivity (Wildman–Crippen MR) is 106 cm³/mol. The maximum Gasteiger partial charge on any atom is 0.338 e. The summed E-state index contributed by atoms with van der Waals surface area (Å²) in [5.74, 6) is 0.615. The van der Waals surface area contributed by atoms with E-state index in [0.29, 0.717) is 30.1 Å². The van der Waals surface area contributed by atoms with Gasteiger partial charge in [0, 0.05) is 12.6 Å². The van der Waals surface area contributed by atoms with E-state index >= 15 is 0 Å². The average Bonchev–Trinajstić information content (AvgIpc) is 2.72. The highest BCUT2D eigenvalue weighted by Gasteiger charge is 2.35. The molecular weight excluding hydrogens is 382 g/mol. The highest BCUT2D eigenvalue weighted by molar-refractivity contribution is 6.32. The summed E-state index contributed by atoms with van der Waals surface area (Å²) in [7, 11) is 1.48. The van der Waals surface area contributed by atoms with Gasteiger partial charge in [-0.15, -0.1) is 0 Å². The number of carbonyl (C=O) groups is 2. The van der Waals surface area contributed by atoms with E-state index in [1.54, 1.807) is 0 Å². The van der Waals surface area contributed by atoms with Crippen LogP contribution in [0, 0.1) is 5.92 Å². The van der Waals surface area contributed by atoms with Crippen molar-refractivity contribution in [2.24, 2.45) is 5.92 Å². The Hall–Kier alpha value is -1.95. The number of amides is 1. The molecule has 1 aliphatic carbocycles. The van der Waals surface area contributed by atoms with E-state index in [4.69, 9.17) is 25.8 Å². The highest BCUT2D eigenvalue weighted by atomic mass is 35.5. The fourth-order valence-electron chi connectivity index (χ4n) is 4.35. The molecule has 1 saturated heterocycles. The number of fused-ring (bicyclic) bond motifs is 1. The van der Waals surface area contributed by atoms with E-state index in [1.807, 2.05) is 11.8 Å². The van der Waals surface area contributed by atoms with E-state index in [2.05, 4.69) is 0 Å². The Kier molecular flexibility index (Phi) is 7.05. The lowest BCUT2D eigenvalue weighted by molar-refractivity contribution is -0.140. The zero-order chi connectivity index (χ0) is 20.1. The Bertz CT molecular complexity index is 721. The lowest BCUT2D eigenvalue weighted by Crippen LogP contribution is -2.50. The molecule has 7 heteroatoms. The van der Waals surface area contributed by atoms with Gasteiger partial charge in [0.05, 0.1) is 24.3 Å². The third-order valence-corrected chi connectivity index (χ3v) is 5.92. The number of methoxy groups -OCH3 is 1. The summed E-state index contributed by atoms with van der Waals surface area (Å²) in [5.41, 5.74) is 0.229. The van der Waals surface area contributed by atoms with Gasteiger partial charge >= 0.3 is 5.97 Å². The molecule has 2 fully saturated rings. The molecule has 1 aromatic carbocycles.